The molecule has 3 rings (SSSR count). The minimum atomic E-state index is -0.175. The normalized spacial score (nSPS) is 10.8. The Hall–Kier alpha value is -2.59. The number of aromatic nitrogens is 1. The van der Waals surface area contributed by atoms with Crippen molar-refractivity contribution in [2.45, 2.75) is 19.9 Å². The van der Waals surface area contributed by atoms with Crippen LogP contribution in [0.2, 0.25) is 0 Å². The van der Waals surface area contributed by atoms with Crippen molar-refractivity contribution >= 4 is 28.4 Å². The molecule has 0 saturated heterocycles. The number of benzene rings is 2. The quantitative estimate of drug-likeness (QED) is 0.675. The van der Waals surface area contributed by atoms with Gasteiger partial charge in [-0.15, -0.1) is 11.6 Å². The van der Waals surface area contributed by atoms with E-state index in [-0.39, 0.29) is 23.9 Å². The van der Waals surface area contributed by atoms with Gasteiger partial charge >= 0.3 is 0 Å². The maximum atomic E-state index is 12.5. The Morgan fingerprint density at radius 2 is 1.88 bits per heavy atom. The molecule has 0 fully saturated rings. The number of fused-ring (bicyclic) bond motifs is 1. The van der Waals surface area contributed by atoms with Crippen LogP contribution in [0.15, 0.2) is 59.4 Å². The number of aromatic amines is 1. The number of alkyl halides is 1. The molecule has 26 heavy (non-hydrogen) atoms. The molecule has 3 aromatic rings. The third kappa shape index (κ3) is 4.14. The fourth-order valence-electron chi connectivity index (χ4n) is 3.04. The number of pyridine rings is 1. The van der Waals surface area contributed by atoms with Gasteiger partial charge in [0.2, 0.25) is 5.91 Å². The number of hydrogen-bond acceptors (Lipinski definition) is 2. The van der Waals surface area contributed by atoms with Gasteiger partial charge in [-0.25, -0.2) is 0 Å². The molecule has 2 aromatic carbocycles. The van der Waals surface area contributed by atoms with Gasteiger partial charge in [-0.3, -0.25) is 9.59 Å². The summed E-state index contributed by atoms with van der Waals surface area (Å²) in [7, 11) is 0. The fraction of sp³-hybridized carbons (Fsp3) is 0.238. The first-order chi connectivity index (χ1) is 12.6. The monoisotopic (exact) mass is 368 g/mol. The van der Waals surface area contributed by atoms with E-state index in [0.29, 0.717) is 18.5 Å². The van der Waals surface area contributed by atoms with E-state index in [1.54, 1.807) is 4.90 Å². The minimum absolute atomic E-state index is 0.0978. The van der Waals surface area contributed by atoms with Crippen LogP contribution >= 0.6 is 11.6 Å². The van der Waals surface area contributed by atoms with Crippen LogP contribution in [0.4, 0.5) is 0 Å². The smallest absolute Gasteiger partial charge is 0.253 e. The molecule has 5 heteroatoms. The lowest BCUT2D eigenvalue weighted by molar-refractivity contribution is -0.129. The molecule has 0 radical (unpaired) electrons. The van der Waals surface area contributed by atoms with Crippen LogP contribution < -0.4 is 5.56 Å². The third-order valence-electron chi connectivity index (χ3n) is 4.51. The topological polar surface area (TPSA) is 53.2 Å². The van der Waals surface area contributed by atoms with Crippen LogP contribution in [-0.4, -0.2) is 28.2 Å². The van der Waals surface area contributed by atoms with Gasteiger partial charge in [-0.1, -0.05) is 48.5 Å². The second-order valence-electron chi connectivity index (χ2n) is 6.35. The number of aryl methyl sites for hydroxylation is 1. The van der Waals surface area contributed by atoms with Crippen LogP contribution in [0.3, 0.4) is 0 Å². The number of amides is 1. The molecule has 0 aliphatic carbocycles. The van der Waals surface area contributed by atoms with E-state index in [1.165, 1.54) is 0 Å². The van der Waals surface area contributed by atoms with Gasteiger partial charge < -0.3 is 9.88 Å². The molecular formula is C21H21ClN2O2. The molecule has 0 aliphatic heterocycles. The van der Waals surface area contributed by atoms with Crippen molar-refractivity contribution < 1.29 is 4.79 Å². The second-order valence-corrected chi connectivity index (χ2v) is 6.61. The van der Waals surface area contributed by atoms with Gasteiger partial charge in [0.05, 0.1) is 12.1 Å². The van der Waals surface area contributed by atoms with Crippen molar-refractivity contribution in [3.8, 4) is 0 Å². The lowest BCUT2D eigenvalue weighted by Crippen LogP contribution is -2.35. The Balaban J connectivity index is 1.84. The maximum absolute atomic E-state index is 12.5. The van der Waals surface area contributed by atoms with E-state index in [0.717, 1.165) is 22.0 Å². The first-order valence-corrected chi connectivity index (χ1v) is 9.11. The van der Waals surface area contributed by atoms with E-state index < -0.39 is 0 Å². The molecule has 1 N–H and O–H groups in total. The predicted molar refractivity (Wildman–Crippen MR) is 106 cm³/mol. The fourth-order valence-corrected chi connectivity index (χ4v) is 3.21. The molecular weight excluding hydrogens is 348 g/mol. The van der Waals surface area contributed by atoms with Crippen molar-refractivity contribution in [2.75, 3.05) is 12.4 Å². The summed E-state index contributed by atoms with van der Waals surface area (Å²) < 4.78 is 0. The number of H-pyrrole nitrogens is 1. The van der Waals surface area contributed by atoms with E-state index in [1.807, 2.05) is 61.5 Å². The first kappa shape index (κ1) is 18.2. The summed E-state index contributed by atoms with van der Waals surface area (Å²) in [6, 6.07) is 17.7. The third-order valence-corrected chi connectivity index (χ3v) is 4.74. The van der Waals surface area contributed by atoms with Crippen molar-refractivity contribution in [2.24, 2.45) is 0 Å². The zero-order chi connectivity index (χ0) is 18.5. The number of rotatable bonds is 6. The van der Waals surface area contributed by atoms with Gasteiger partial charge in [0.1, 0.15) is 5.88 Å². The molecule has 0 atom stereocenters. The van der Waals surface area contributed by atoms with Crippen LogP contribution in [-0.2, 0) is 17.8 Å². The highest BCUT2D eigenvalue weighted by Crippen LogP contribution is 2.16. The summed E-state index contributed by atoms with van der Waals surface area (Å²) in [5.41, 5.74) is 3.39. The maximum Gasteiger partial charge on any atom is 0.253 e. The summed E-state index contributed by atoms with van der Waals surface area (Å²) in [6.45, 7) is 2.72. The second kappa shape index (κ2) is 8.19. The zero-order valence-electron chi connectivity index (χ0n) is 14.7. The number of hydrogen-bond donors (Lipinski definition) is 1. The summed E-state index contributed by atoms with van der Waals surface area (Å²) in [5.74, 6) is -0.273. The molecule has 1 heterocycles. The Kier molecular flexibility index (Phi) is 5.74. The number of para-hydroxylation sites is 1. The lowest BCUT2D eigenvalue weighted by Gasteiger charge is -2.22. The summed E-state index contributed by atoms with van der Waals surface area (Å²) in [6.07, 6.45) is 0.716. The molecule has 134 valence electrons. The average molecular weight is 369 g/mol. The average Bonchev–Trinajstić information content (AvgIpc) is 2.66. The number of carbonyl (C=O) groups is 1. The number of nitrogens with one attached hydrogen (secondary N) is 1. The molecule has 0 spiro atoms. The highest BCUT2D eigenvalue weighted by molar-refractivity contribution is 6.27. The minimum Gasteiger partial charge on any atom is -0.337 e. The van der Waals surface area contributed by atoms with Crippen molar-refractivity contribution in [1.29, 1.82) is 0 Å². The Morgan fingerprint density at radius 3 is 2.62 bits per heavy atom. The molecule has 1 aromatic heterocycles. The van der Waals surface area contributed by atoms with Crippen LogP contribution in [0, 0.1) is 6.92 Å². The van der Waals surface area contributed by atoms with Gasteiger partial charge in [0, 0.05) is 12.1 Å². The number of nitrogens with zero attached hydrogens (tertiary/aromatic N) is 1. The van der Waals surface area contributed by atoms with E-state index in [2.05, 4.69) is 4.98 Å². The highest BCUT2D eigenvalue weighted by Gasteiger charge is 2.15. The summed E-state index contributed by atoms with van der Waals surface area (Å²) >= 11 is 5.77. The van der Waals surface area contributed by atoms with Crippen molar-refractivity contribution in [3.63, 3.8) is 0 Å². The van der Waals surface area contributed by atoms with Crippen molar-refractivity contribution in [3.05, 3.63) is 81.6 Å². The Labute approximate surface area is 157 Å². The summed E-state index contributed by atoms with van der Waals surface area (Å²) in [5, 5.41) is 0.959. The summed E-state index contributed by atoms with van der Waals surface area (Å²) in [4.78, 5) is 29.3. The molecule has 0 bridgehead atoms. The molecule has 4 nitrogen and oxygen atoms in total. The molecule has 0 aliphatic rings. The molecule has 0 unspecified atom stereocenters. The van der Waals surface area contributed by atoms with Gasteiger partial charge in [-0.05, 0) is 35.9 Å². The molecule has 0 saturated carbocycles. The van der Waals surface area contributed by atoms with E-state index >= 15 is 0 Å². The first-order valence-electron chi connectivity index (χ1n) is 8.57. The lowest BCUT2D eigenvalue weighted by atomic mass is 10.1. The van der Waals surface area contributed by atoms with Gasteiger partial charge in [0.15, 0.2) is 0 Å². The van der Waals surface area contributed by atoms with Crippen LogP contribution in [0.1, 0.15) is 16.7 Å². The van der Waals surface area contributed by atoms with E-state index in [4.69, 9.17) is 11.6 Å². The largest absolute Gasteiger partial charge is 0.337 e. The van der Waals surface area contributed by atoms with Crippen LogP contribution in [0.5, 0.6) is 0 Å². The Bertz CT molecular complexity index is 967. The SMILES string of the molecule is Cc1cccc2cc(CN(CCc3ccccc3)C(=O)CCl)c(=O)[nH]c12. The van der Waals surface area contributed by atoms with Gasteiger partial charge in [-0.2, -0.15) is 0 Å². The zero-order valence-corrected chi connectivity index (χ0v) is 15.4. The Morgan fingerprint density at radius 1 is 1.12 bits per heavy atom. The number of halogens is 1. The van der Waals surface area contributed by atoms with E-state index in [9.17, 15) is 9.59 Å². The van der Waals surface area contributed by atoms with Gasteiger partial charge in [0.25, 0.3) is 5.56 Å². The molecule has 1 amide bonds. The van der Waals surface area contributed by atoms with Crippen LogP contribution in [0.25, 0.3) is 10.9 Å². The highest BCUT2D eigenvalue weighted by atomic mass is 35.5. The number of carbonyl (C=O) groups excluding carboxylic acids is 1. The predicted octanol–water partition coefficient (Wildman–Crippen LogP) is 3.65. The standard InChI is InChI=1S/C21H21ClN2O2/c1-15-6-5-9-17-12-18(21(26)23-20(15)17)14-24(19(25)13-22)11-10-16-7-3-2-4-8-16/h2-9,12H,10-11,13-14H2,1H3,(H,23,26). The van der Waals surface area contributed by atoms with Crippen molar-refractivity contribution in [1.82, 2.24) is 9.88 Å².